The summed E-state index contributed by atoms with van der Waals surface area (Å²) in [4.78, 5) is 12.3. The van der Waals surface area contributed by atoms with Crippen molar-refractivity contribution < 1.29 is 9.18 Å². The third-order valence-corrected chi connectivity index (χ3v) is 2.77. The first kappa shape index (κ1) is 16.6. The molecule has 0 saturated heterocycles. The minimum Gasteiger partial charge on any atom is -0.321 e. The topological polar surface area (TPSA) is 53.5 Å². The zero-order chi connectivity index (χ0) is 15.8. The van der Waals surface area contributed by atoms with Crippen LogP contribution in [0.3, 0.4) is 0 Å². The molecule has 0 spiro atoms. The van der Waals surface area contributed by atoms with Gasteiger partial charge < -0.3 is 10.7 Å². The van der Waals surface area contributed by atoms with Gasteiger partial charge in [-0.05, 0) is 32.4 Å². The number of rotatable bonds is 5. The normalized spacial score (nSPS) is 13.1. The number of carbonyl (C=O) groups excluding carboxylic acids is 1. The molecule has 1 amide bonds. The molecular weight excluding hydrogens is 269 g/mol. The molecule has 5 heteroatoms. The Morgan fingerprint density at radius 1 is 1.29 bits per heavy atom. The summed E-state index contributed by atoms with van der Waals surface area (Å²) in [6, 6.07) is 7.32. The Hall–Kier alpha value is -2.43. The lowest BCUT2D eigenvalue weighted by Gasteiger charge is -2.11. The van der Waals surface area contributed by atoms with E-state index in [1.807, 2.05) is 37.3 Å². The first-order valence-corrected chi connectivity index (χ1v) is 6.62. The van der Waals surface area contributed by atoms with Crippen molar-refractivity contribution in [2.75, 3.05) is 12.4 Å². The summed E-state index contributed by atoms with van der Waals surface area (Å²) in [5.74, 6) is -1.10. The first-order chi connectivity index (χ1) is 10.0. The average Bonchev–Trinajstić information content (AvgIpc) is 2.41. The quantitative estimate of drug-likeness (QED) is 0.495. The van der Waals surface area contributed by atoms with Gasteiger partial charge in [0.1, 0.15) is 5.83 Å². The minimum absolute atomic E-state index is 0.0698. The summed E-state index contributed by atoms with van der Waals surface area (Å²) in [6.45, 7) is 4.70. The number of benzene rings is 1. The number of hydrazone groups is 1. The molecule has 0 saturated carbocycles. The maximum Gasteiger partial charge on any atom is 0.260 e. The maximum atomic E-state index is 13.6. The van der Waals surface area contributed by atoms with Crippen LogP contribution in [-0.2, 0) is 4.79 Å². The van der Waals surface area contributed by atoms with Gasteiger partial charge in [-0.1, -0.05) is 30.4 Å². The lowest BCUT2D eigenvalue weighted by molar-refractivity contribution is -0.112. The molecule has 1 aromatic carbocycles. The van der Waals surface area contributed by atoms with Crippen LogP contribution in [0.25, 0.3) is 6.08 Å². The number of amides is 1. The molecule has 0 heterocycles. The highest BCUT2D eigenvalue weighted by Gasteiger charge is 2.17. The number of allylic oxidation sites excluding steroid dienone is 2. The van der Waals surface area contributed by atoms with Crippen molar-refractivity contribution in [1.82, 2.24) is 5.43 Å². The molecule has 2 N–H and O–H groups in total. The van der Waals surface area contributed by atoms with Gasteiger partial charge in [0, 0.05) is 12.7 Å². The zero-order valence-electron chi connectivity index (χ0n) is 12.7. The average molecular weight is 289 g/mol. The summed E-state index contributed by atoms with van der Waals surface area (Å²) < 4.78 is 13.6. The van der Waals surface area contributed by atoms with Crippen molar-refractivity contribution >= 4 is 23.4 Å². The first-order valence-electron chi connectivity index (χ1n) is 6.62. The summed E-state index contributed by atoms with van der Waals surface area (Å²) in [5, 5.41) is 6.58. The van der Waals surface area contributed by atoms with Gasteiger partial charge in [0.2, 0.25) is 0 Å². The van der Waals surface area contributed by atoms with Gasteiger partial charge in [-0.25, -0.2) is 4.39 Å². The number of hydrogen-bond donors (Lipinski definition) is 2. The van der Waals surface area contributed by atoms with Crippen LogP contribution in [0.2, 0.25) is 0 Å². The van der Waals surface area contributed by atoms with Crippen molar-refractivity contribution in [2.24, 2.45) is 5.10 Å². The molecule has 112 valence electrons. The molecule has 0 radical (unpaired) electrons. The molecule has 1 aromatic rings. The number of nitrogens with one attached hydrogen (secondary N) is 2. The molecule has 0 bridgehead atoms. The number of carbonyl (C=O) groups is 1. The van der Waals surface area contributed by atoms with Crippen LogP contribution in [0.5, 0.6) is 0 Å². The fourth-order valence-electron chi connectivity index (χ4n) is 1.91. The van der Waals surface area contributed by atoms with E-state index in [4.69, 9.17) is 0 Å². The Bertz CT molecular complexity index is 599. The predicted octanol–water partition coefficient (Wildman–Crippen LogP) is 3.50. The number of nitrogens with zero attached hydrogens (tertiary/aromatic N) is 1. The minimum atomic E-state index is -0.576. The van der Waals surface area contributed by atoms with E-state index in [0.717, 1.165) is 5.56 Å². The van der Waals surface area contributed by atoms with Gasteiger partial charge >= 0.3 is 0 Å². The molecule has 1 rings (SSSR count). The number of halogens is 1. The molecule has 0 fully saturated rings. The van der Waals surface area contributed by atoms with E-state index < -0.39 is 11.7 Å². The highest BCUT2D eigenvalue weighted by molar-refractivity contribution is 6.25. The van der Waals surface area contributed by atoms with Crippen molar-refractivity contribution in [3.8, 4) is 0 Å². The Morgan fingerprint density at radius 2 is 1.95 bits per heavy atom. The van der Waals surface area contributed by atoms with Crippen LogP contribution in [0.15, 0.2) is 46.8 Å². The Labute approximate surface area is 124 Å². The van der Waals surface area contributed by atoms with Crippen LogP contribution in [-0.4, -0.2) is 18.7 Å². The third-order valence-electron chi connectivity index (χ3n) is 2.77. The van der Waals surface area contributed by atoms with Crippen molar-refractivity contribution in [2.45, 2.75) is 20.8 Å². The van der Waals surface area contributed by atoms with E-state index in [9.17, 15) is 9.18 Å². The fraction of sp³-hybridized carbons (Fsp3) is 0.250. The molecule has 4 nitrogen and oxygen atoms in total. The van der Waals surface area contributed by atoms with E-state index in [0.29, 0.717) is 11.4 Å². The standard InChI is InChI=1S/C16H20FN3O/c1-5-8-13-9-6-7-10-14(13)19-16(21)15(11(2)17)12(3)20-18-4/h5-10,18H,1-4H3,(H,19,21)/b8-5+,15-11-,20-12-. The monoisotopic (exact) mass is 289 g/mol. The van der Waals surface area contributed by atoms with Gasteiger partial charge in [0.15, 0.2) is 0 Å². The fourth-order valence-corrected chi connectivity index (χ4v) is 1.91. The smallest absolute Gasteiger partial charge is 0.260 e. The molecule has 0 unspecified atom stereocenters. The highest BCUT2D eigenvalue weighted by atomic mass is 19.1. The summed E-state index contributed by atoms with van der Waals surface area (Å²) >= 11 is 0. The van der Waals surface area contributed by atoms with E-state index in [1.54, 1.807) is 20.0 Å². The number of hydrogen-bond acceptors (Lipinski definition) is 3. The molecule has 0 aromatic heterocycles. The van der Waals surface area contributed by atoms with Gasteiger partial charge in [-0.3, -0.25) is 4.79 Å². The molecule has 0 aliphatic carbocycles. The molecule has 0 aliphatic rings. The number of anilines is 1. The van der Waals surface area contributed by atoms with E-state index in [-0.39, 0.29) is 5.57 Å². The lowest BCUT2D eigenvalue weighted by atomic mass is 10.1. The predicted molar refractivity (Wildman–Crippen MR) is 85.8 cm³/mol. The second kappa shape index (κ2) is 7.99. The molecule has 0 atom stereocenters. The summed E-state index contributed by atoms with van der Waals surface area (Å²) in [5.41, 5.74) is 4.25. The Kier molecular flexibility index (Phi) is 6.33. The second-order valence-corrected chi connectivity index (χ2v) is 4.37. The van der Waals surface area contributed by atoms with Crippen LogP contribution >= 0.6 is 0 Å². The summed E-state index contributed by atoms with van der Waals surface area (Å²) in [6.07, 6.45) is 3.74. The van der Waals surface area contributed by atoms with Crippen LogP contribution in [0.1, 0.15) is 26.3 Å². The van der Waals surface area contributed by atoms with Crippen molar-refractivity contribution in [3.05, 3.63) is 47.3 Å². The second-order valence-electron chi connectivity index (χ2n) is 4.37. The Morgan fingerprint density at radius 3 is 2.52 bits per heavy atom. The third kappa shape index (κ3) is 4.56. The SMILES string of the molecule is C/C=C/c1ccccc1NC(=O)C(/C(C)=N\NC)=C(/C)F. The zero-order valence-corrected chi connectivity index (χ0v) is 12.7. The lowest BCUT2D eigenvalue weighted by Crippen LogP contribution is -2.21. The van der Waals surface area contributed by atoms with E-state index in [2.05, 4.69) is 15.8 Å². The molecular formula is C16H20FN3O. The van der Waals surface area contributed by atoms with Gasteiger partial charge in [0.25, 0.3) is 5.91 Å². The molecule has 0 aliphatic heterocycles. The van der Waals surface area contributed by atoms with Gasteiger partial charge in [-0.2, -0.15) is 5.10 Å². The highest BCUT2D eigenvalue weighted by Crippen LogP contribution is 2.19. The van der Waals surface area contributed by atoms with Crippen molar-refractivity contribution in [1.29, 1.82) is 0 Å². The van der Waals surface area contributed by atoms with E-state index >= 15 is 0 Å². The van der Waals surface area contributed by atoms with Gasteiger partial charge in [0.05, 0.1) is 11.3 Å². The van der Waals surface area contributed by atoms with E-state index in [1.165, 1.54) is 6.92 Å². The molecule has 21 heavy (non-hydrogen) atoms. The van der Waals surface area contributed by atoms with Crippen LogP contribution < -0.4 is 10.7 Å². The van der Waals surface area contributed by atoms with Gasteiger partial charge in [-0.15, -0.1) is 0 Å². The van der Waals surface area contributed by atoms with Crippen LogP contribution in [0.4, 0.5) is 10.1 Å². The maximum absolute atomic E-state index is 13.6. The van der Waals surface area contributed by atoms with Crippen LogP contribution in [0, 0.1) is 0 Å². The Balaban J connectivity index is 3.10. The number of para-hydroxylation sites is 1. The largest absolute Gasteiger partial charge is 0.321 e. The summed E-state index contributed by atoms with van der Waals surface area (Å²) in [7, 11) is 1.59. The van der Waals surface area contributed by atoms with Crippen molar-refractivity contribution in [3.63, 3.8) is 0 Å².